The van der Waals surface area contributed by atoms with Gasteiger partial charge in [-0.1, -0.05) is 12.8 Å². The standard InChI is InChI=1S/C19H26N6O2S/c26-19(14-28-13-18-21-22-23-25(18)17-3-1-2-4-17)20-15-5-7-16(8-6-15)24-9-11-27-12-10-24/h5-8,17H,1-4,9-14H2,(H,20,26). The highest BCUT2D eigenvalue weighted by molar-refractivity contribution is 7.99. The zero-order chi connectivity index (χ0) is 19.2. The molecular weight excluding hydrogens is 376 g/mol. The largest absolute Gasteiger partial charge is 0.378 e. The molecular formula is C19H26N6O2S. The van der Waals surface area contributed by atoms with Crippen LogP contribution in [0, 0.1) is 0 Å². The van der Waals surface area contributed by atoms with E-state index in [0.717, 1.165) is 56.3 Å². The number of tetrazole rings is 1. The fourth-order valence-electron chi connectivity index (χ4n) is 3.75. The number of benzene rings is 1. The van der Waals surface area contributed by atoms with Crippen LogP contribution < -0.4 is 10.2 Å². The van der Waals surface area contributed by atoms with Gasteiger partial charge in [-0.05, 0) is 47.5 Å². The number of nitrogens with one attached hydrogen (secondary N) is 1. The molecule has 1 aromatic carbocycles. The third-order valence-electron chi connectivity index (χ3n) is 5.22. The second-order valence-electron chi connectivity index (χ2n) is 7.17. The Balaban J connectivity index is 1.23. The van der Waals surface area contributed by atoms with Crippen LogP contribution in [-0.2, 0) is 15.3 Å². The average Bonchev–Trinajstić information content (AvgIpc) is 3.41. The molecule has 1 saturated carbocycles. The predicted octanol–water partition coefficient (Wildman–Crippen LogP) is 2.50. The lowest BCUT2D eigenvalue weighted by molar-refractivity contribution is -0.113. The third kappa shape index (κ3) is 4.82. The van der Waals surface area contributed by atoms with Gasteiger partial charge in [0.15, 0.2) is 5.82 Å². The van der Waals surface area contributed by atoms with E-state index in [2.05, 4.69) is 25.7 Å². The first-order valence-electron chi connectivity index (χ1n) is 9.87. The fourth-order valence-corrected chi connectivity index (χ4v) is 4.48. The first-order chi connectivity index (χ1) is 13.8. The Bertz CT molecular complexity index is 769. The molecule has 2 aromatic rings. The van der Waals surface area contributed by atoms with Crippen molar-refractivity contribution in [2.75, 3.05) is 42.3 Å². The summed E-state index contributed by atoms with van der Waals surface area (Å²) in [5.41, 5.74) is 1.98. The van der Waals surface area contributed by atoms with E-state index < -0.39 is 0 Å². The molecule has 1 aliphatic carbocycles. The van der Waals surface area contributed by atoms with E-state index in [-0.39, 0.29) is 5.91 Å². The van der Waals surface area contributed by atoms with Crippen molar-refractivity contribution in [1.29, 1.82) is 0 Å². The summed E-state index contributed by atoms with van der Waals surface area (Å²) in [6.45, 7) is 3.34. The molecule has 2 heterocycles. The number of morpholine rings is 1. The molecule has 150 valence electrons. The quantitative estimate of drug-likeness (QED) is 0.761. The topological polar surface area (TPSA) is 85.2 Å². The van der Waals surface area contributed by atoms with Crippen LogP contribution in [0.15, 0.2) is 24.3 Å². The van der Waals surface area contributed by atoms with Crippen LogP contribution in [0.3, 0.4) is 0 Å². The molecule has 9 heteroatoms. The lowest BCUT2D eigenvalue weighted by Gasteiger charge is -2.28. The second kappa shape index (κ2) is 9.38. The zero-order valence-corrected chi connectivity index (χ0v) is 16.7. The van der Waals surface area contributed by atoms with Crippen LogP contribution >= 0.6 is 11.8 Å². The molecule has 1 amide bonds. The maximum Gasteiger partial charge on any atom is 0.234 e. The van der Waals surface area contributed by atoms with E-state index >= 15 is 0 Å². The van der Waals surface area contributed by atoms with Gasteiger partial charge in [-0.2, -0.15) is 0 Å². The van der Waals surface area contributed by atoms with Gasteiger partial charge in [0.2, 0.25) is 5.91 Å². The van der Waals surface area contributed by atoms with Crippen molar-refractivity contribution < 1.29 is 9.53 Å². The average molecular weight is 403 g/mol. The minimum atomic E-state index is -0.0102. The number of hydrogen-bond donors (Lipinski definition) is 1. The maximum atomic E-state index is 12.3. The number of hydrogen-bond acceptors (Lipinski definition) is 7. The maximum absolute atomic E-state index is 12.3. The lowest BCUT2D eigenvalue weighted by atomic mass is 10.2. The molecule has 1 aliphatic heterocycles. The summed E-state index contributed by atoms with van der Waals surface area (Å²) in [6, 6.07) is 8.42. The normalized spacial score (nSPS) is 17.8. The first-order valence-corrected chi connectivity index (χ1v) is 11.0. The van der Waals surface area contributed by atoms with Gasteiger partial charge in [0.1, 0.15) is 0 Å². The summed E-state index contributed by atoms with van der Waals surface area (Å²) in [5, 5.41) is 15.0. The minimum Gasteiger partial charge on any atom is -0.378 e. The number of ether oxygens (including phenoxy) is 1. The Kier molecular flexibility index (Phi) is 6.43. The highest BCUT2D eigenvalue weighted by Gasteiger charge is 2.21. The highest BCUT2D eigenvalue weighted by Crippen LogP contribution is 2.29. The van der Waals surface area contributed by atoms with E-state index in [1.54, 1.807) is 0 Å². The number of carbonyl (C=O) groups excluding carboxylic acids is 1. The molecule has 8 nitrogen and oxygen atoms in total. The van der Waals surface area contributed by atoms with Crippen LogP contribution in [0.25, 0.3) is 0 Å². The molecule has 0 radical (unpaired) electrons. The van der Waals surface area contributed by atoms with Gasteiger partial charge in [0, 0.05) is 24.5 Å². The summed E-state index contributed by atoms with van der Waals surface area (Å²) in [4.78, 5) is 14.5. The Morgan fingerprint density at radius 2 is 1.93 bits per heavy atom. The van der Waals surface area contributed by atoms with Crippen LogP contribution in [0.5, 0.6) is 0 Å². The van der Waals surface area contributed by atoms with Crippen molar-refractivity contribution in [3.8, 4) is 0 Å². The number of carbonyl (C=O) groups is 1. The molecule has 0 unspecified atom stereocenters. The van der Waals surface area contributed by atoms with Crippen molar-refractivity contribution in [3.63, 3.8) is 0 Å². The number of thioether (sulfide) groups is 1. The number of rotatable bonds is 7. The van der Waals surface area contributed by atoms with Gasteiger partial charge in [-0.3, -0.25) is 4.79 Å². The predicted molar refractivity (Wildman–Crippen MR) is 110 cm³/mol. The molecule has 0 atom stereocenters. The summed E-state index contributed by atoms with van der Waals surface area (Å²) < 4.78 is 7.33. The zero-order valence-electron chi connectivity index (χ0n) is 15.9. The van der Waals surface area contributed by atoms with Gasteiger partial charge >= 0.3 is 0 Å². The van der Waals surface area contributed by atoms with Crippen molar-refractivity contribution in [1.82, 2.24) is 20.2 Å². The van der Waals surface area contributed by atoms with Gasteiger partial charge in [0.25, 0.3) is 0 Å². The smallest absolute Gasteiger partial charge is 0.234 e. The van der Waals surface area contributed by atoms with E-state index in [9.17, 15) is 4.79 Å². The van der Waals surface area contributed by atoms with Gasteiger partial charge in [0.05, 0.1) is 30.8 Å². The lowest BCUT2D eigenvalue weighted by Crippen LogP contribution is -2.36. The number of aromatic nitrogens is 4. The van der Waals surface area contributed by atoms with Crippen LogP contribution in [0.4, 0.5) is 11.4 Å². The summed E-state index contributed by atoms with van der Waals surface area (Å²) in [5.74, 6) is 1.87. The third-order valence-corrected chi connectivity index (χ3v) is 6.15. The number of amides is 1. The van der Waals surface area contributed by atoms with Gasteiger partial charge in [-0.15, -0.1) is 16.9 Å². The van der Waals surface area contributed by atoms with Crippen molar-refractivity contribution >= 4 is 29.0 Å². The van der Waals surface area contributed by atoms with Crippen molar-refractivity contribution in [3.05, 3.63) is 30.1 Å². The molecule has 2 fully saturated rings. The minimum absolute atomic E-state index is 0.0102. The first kappa shape index (κ1) is 19.2. The molecule has 2 aliphatic rings. The number of anilines is 2. The van der Waals surface area contributed by atoms with Gasteiger partial charge in [-0.25, -0.2) is 4.68 Å². The summed E-state index contributed by atoms with van der Waals surface area (Å²) in [7, 11) is 0. The van der Waals surface area contributed by atoms with E-state index in [1.807, 2.05) is 28.9 Å². The van der Waals surface area contributed by atoms with Crippen molar-refractivity contribution in [2.24, 2.45) is 0 Å². The molecule has 4 rings (SSSR count). The summed E-state index contributed by atoms with van der Waals surface area (Å²) in [6.07, 6.45) is 4.76. The molecule has 1 aromatic heterocycles. The Morgan fingerprint density at radius 1 is 1.18 bits per heavy atom. The summed E-state index contributed by atoms with van der Waals surface area (Å²) >= 11 is 1.54. The Labute approximate surface area is 169 Å². The molecule has 1 N–H and O–H groups in total. The monoisotopic (exact) mass is 402 g/mol. The van der Waals surface area contributed by atoms with Gasteiger partial charge < -0.3 is 15.0 Å². The molecule has 1 saturated heterocycles. The van der Waals surface area contributed by atoms with E-state index in [4.69, 9.17) is 4.74 Å². The second-order valence-corrected chi connectivity index (χ2v) is 8.15. The van der Waals surface area contributed by atoms with Crippen LogP contribution in [0.2, 0.25) is 0 Å². The molecule has 28 heavy (non-hydrogen) atoms. The number of nitrogens with zero attached hydrogens (tertiary/aromatic N) is 5. The van der Waals surface area contributed by atoms with E-state index in [0.29, 0.717) is 17.5 Å². The highest BCUT2D eigenvalue weighted by atomic mass is 32.2. The van der Waals surface area contributed by atoms with Crippen molar-refractivity contribution in [2.45, 2.75) is 37.5 Å². The van der Waals surface area contributed by atoms with Crippen LogP contribution in [0.1, 0.15) is 37.5 Å². The fraction of sp³-hybridized carbons (Fsp3) is 0.579. The Morgan fingerprint density at radius 3 is 2.68 bits per heavy atom. The SMILES string of the molecule is O=C(CSCc1nnnn1C1CCCC1)Nc1ccc(N2CCOCC2)cc1. The molecule has 0 bridgehead atoms. The van der Waals surface area contributed by atoms with E-state index in [1.165, 1.54) is 24.6 Å². The Hall–Kier alpha value is -2.13. The van der Waals surface area contributed by atoms with Crippen LogP contribution in [-0.4, -0.2) is 58.2 Å². The molecule has 0 spiro atoms.